The van der Waals surface area contributed by atoms with Crippen LogP contribution in [0.15, 0.2) is 12.3 Å². The predicted molar refractivity (Wildman–Crippen MR) is 64.3 cm³/mol. The lowest BCUT2D eigenvalue weighted by Crippen LogP contribution is -2.40. The molecule has 1 aliphatic rings. The Balaban J connectivity index is 2.17. The van der Waals surface area contributed by atoms with Gasteiger partial charge < -0.3 is 10.0 Å². The highest BCUT2D eigenvalue weighted by molar-refractivity contribution is 5.95. The number of likely N-dealkylation sites (tertiary alicyclic amines) is 1. The van der Waals surface area contributed by atoms with Gasteiger partial charge in [0.1, 0.15) is 11.7 Å². The van der Waals surface area contributed by atoms with E-state index in [4.69, 9.17) is 5.11 Å². The van der Waals surface area contributed by atoms with E-state index in [0.717, 1.165) is 6.42 Å². The second kappa shape index (κ2) is 4.80. The second-order valence-electron chi connectivity index (χ2n) is 4.77. The summed E-state index contributed by atoms with van der Waals surface area (Å²) in [6.45, 7) is 4.43. The van der Waals surface area contributed by atoms with Gasteiger partial charge in [0.2, 0.25) is 0 Å². The zero-order valence-electron chi connectivity index (χ0n) is 10.5. The third kappa shape index (κ3) is 2.23. The minimum atomic E-state index is -0.941. The van der Waals surface area contributed by atoms with Crippen molar-refractivity contribution in [2.45, 2.75) is 38.8 Å². The quantitative estimate of drug-likeness (QED) is 0.874. The highest BCUT2D eigenvalue weighted by Crippen LogP contribution is 2.20. The number of carbonyl (C=O) groups excluding carboxylic acids is 1. The Hall–Kier alpha value is -1.85. The van der Waals surface area contributed by atoms with Gasteiger partial charge in [0.25, 0.3) is 5.91 Å². The summed E-state index contributed by atoms with van der Waals surface area (Å²) >= 11 is 0. The van der Waals surface area contributed by atoms with Gasteiger partial charge in [-0.05, 0) is 32.8 Å². The van der Waals surface area contributed by atoms with Crippen molar-refractivity contribution in [2.24, 2.45) is 0 Å². The molecule has 1 aliphatic heterocycles. The number of carboxylic acids is 1. The first kappa shape index (κ1) is 12.6. The molecule has 0 saturated carbocycles. The van der Waals surface area contributed by atoms with E-state index in [1.165, 1.54) is 4.90 Å². The highest BCUT2D eigenvalue weighted by Gasteiger charge is 2.35. The minimum Gasteiger partial charge on any atom is -0.480 e. The topological polar surface area (TPSA) is 75.4 Å². The Kier molecular flexibility index (Phi) is 3.36. The standard InChI is InChI=1S/C12H17N3O3/c1-8(2)15-7-5-9(13-15)11(16)14-6-3-4-10(14)12(17)18/h5,7-8,10H,3-4,6H2,1-2H3,(H,17,18). The van der Waals surface area contributed by atoms with Crippen LogP contribution in [0.25, 0.3) is 0 Å². The lowest BCUT2D eigenvalue weighted by atomic mass is 10.2. The van der Waals surface area contributed by atoms with E-state index < -0.39 is 12.0 Å². The normalized spacial score (nSPS) is 19.5. The van der Waals surface area contributed by atoms with Gasteiger partial charge in [-0.15, -0.1) is 0 Å². The van der Waals surface area contributed by atoms with Crippen molar-refractivity contribution in [1.82, 2.24) is 14.7 Å². The average molecular weight is 251 g/mol. The number of hydrogen-bond acceptors (Lipinski definition) is 3. The molecule has 0 spiro atoms. The summed E-state index contributed by atoms with van der Waals surface area (Å²) in [6.07, 6.45) is 2.99. The smallest absolute Gasteiger partial charge is 0.326 e. The molecule has 1 saturated heterocycles. The molecule has 0 aromatic carbocycles. The third-order valence-electron chi connectivity index (χ3n) is 3.16. The summed E-state index contributed by atoms with van der Waals surface area (Å²) in [5.41, 5.74) is 0.317. The van der Waals surface area contributed by atoms with Crippen LogP contribution >= 0.6 is 0 Å². The summed E-state index contributed by atoms with van der Waals surface area (Å²) in [5.74, 6) is -1.23. The number of nitrogens with zero attached hydrogens (tertiary/aromatic N) is 3. The number of aliphatic carboxylic acids is 1. The van der Waals surface area contributed by atoms with E-state index in [-0.39, 0.29) is 11.9 Å². The van der Waals surface area contributed by atoms with Gasteiger partial charge in [0, 0.05) is 18.8 Å². The Morgan fingerprint density at radius 2 is 2.22 bits per heavy atom. The monoisotopic (exact) mass is 251 g/mol. The molecule has 1 fully saturated rings. The molecule has 98 valence electrons. The molecule has 18 heavy (non-hydrogen) atoms. The zero-order valence-corrected chi connectivity index (χ0v) is 10.5. The molecule has 0 bridgehead atoms. The van der Waals surface area contributed by atoms with Gasteiger partial charge in [-0.2, -0.15) is 5.10 Å². The van der Waals surface area contributed by atoms with E-state index in [1.54, 1.807) is 16.9 Å². The fraction of sp³-hybridized carbons (Fsp3) is 0.583. The molecule has 1 unspecified atom stereocenters. The molecule has 1 aromatic heterocycles. The van der Waals surface area contributed by atoms with Crippen LogP contribution in [0, 0.1) is 0 Å². The number of carbonyl (C=O) groups is 2. The van der Waals surface area contributed by atoms with Gasteiger partial charge >= 0.3 is 5.97 Å². The molecule has 0 radical (unpaired) electrons. The highest BCUT2D eigenvalue weighted by atomic mass is 16.4. The molecular formula is C12H17N3O3. The maximum atomic E-state index is 12.2. The molecule has 0 aliphatic carbocycles. The fourth-order valence-electron chi connectivity index (χ4n) is 2.15. The van der Waals surface area contributed by atoms with Crippen molar-refractivity contribution in [1.29, 1.82) is 0 Å². The molecular weight excluding hydrogens is 234 g/mol. The Morgan fingerprint density at radius 3 is 2.78 bits per heavy atom. The summed E-state index contributed by atoms with van der Waals surface area (Å²) in [6, 6.07) is 1.11. The Morgan fingerprint density at radius 1 is 1.50 bits per heavy atom. The molecule has 1 N–H and O–H groups in total. The van der Waals surface area contributed by atoms with Gasteiger partial charge in [0.15, 0.2) is 0 Å². The maximum absolute atomic E-state index is 12.2. The summed E-state index contributed by atoms with van der Waals surface area (Å²) in [5, 5.41) is 13.2. The lowest BCUT2D eigenvalue weighted by Gasteiger charge is -2.20. The predicted octanol–water partition coefficient (Wildman–Crippen LogP) is 1.15. The molecule has 1 atom stereocenters. The minimum absolute atomic E-state index is 0.181. The van der Waals surface area contributed by atoms with E-state index in [2.05, 4.69) is 5.10 Å². The molecule has 1 amide bonds. The molecule has 1 aromatic rings. The second-order valence-corrected chi connectivity index (χ2v) is 4.77. The summed E-state index contributed by atoms with van der Waals surface area (Å²) in [7, 11) is 0. The van der Waals surface area contributed by atoms with Crippen LogP contribution in [0.2, 0.25) is 0 Å². The number of aromatic nitrogens is 2. The largest absolute Gasteiger partial charge is 0.480 e. The molecule has 2 heterocycles. The Bertz CT molecular complexity index is 467. The number of amides is 1. The summed E-state index contributed by atoms with van der Waals surface area (Å²) < 4.78 is 1.69. The van der Waals surface area contributed by atoms with Crippen LogP contribution in [0.4, 0.5) is 0 Å². The lowest BCUT2D eigenvalue weighted by molar-refractivity contribution is -0.141. The van der Waals surface area contributed by atoms with Crippen molar-refractivity contribution in [2.75, 3.05) is 6.54 Å². The first-order valence-corrected chi connectivity index (χ1v) is 6.09. The number of hydrogen-bond donors (Lipinski definition) is 1. The first-order chi connectivity index (χ1) is 8.50. The zero-order chi connectivity index (χ0) is 13.3. The van der Waals surface area contributed by atoms with E-state index >= 15 is 0 Å². The molecule has 6 nitrogen and oxygen atoms in total. The van der Waals surface area contributed by atoms with E-state index in [9.17, 15) is 9.59 Å². The van der Waals surface area contributed by atoms with Crippen LogP contribution < -0.4 is 0 Å². The SMILES string of the molecule is CC(C)n1ccc(C(=O)N2CCCC2C(=O)O)n1. The van der Waals surface area contributed by atoms with Crippen molar-refractivity contribution in [3.8, 4) is 0 Å². The van der Waals surface area contributed by atoms with Crippen LogP contribution in [-0.2, 0) is 4.79 Å². The van der Waals surface area contributed by atoms with E-state index in [0.29, 0.717) is 18.7 Å². The van der Waals surface area contributed by atoms with Gasteiger partial charge in [-0.1, -0.05) is 0 Å². The number of rotatable bonds is 3. The molecule has 6 heteroatoms. The van der Waals surface area contributed by atoms with Crippen molar-refractivity contribution < 1.29 is 14.7 Å². The third-order valence-corrected chi connectivity index (χ3v) is 3.16. The van der Waals surface area contributed by atoms with Crippen LogP contribution in [-0.4, -0.2) is 44.3 Å². The van der Waals surface area contributed by atoms with Gasteiger partial charge in [-0.25, -0.2) is 4.79 Å². The Labute approximate surface area is 105 Å². The van der Waals surface area contributed by atoms with Crippen molar-refractivity contribution in [3.05, 3.63) is 18.0 Å². The summed E-state index contributed by atoms with van der Waals surface area (Å²) in [4.78, 5) is 24.6. The average Bonchev–Trinajstić information content (AvgIpc) is 2.97. The van der Waals surface area contributed by atoms with Crippen LogP contribution in [0.3, 0.4) is 0 Å². The van der Waals surface area contributed by atoms with Gasteiger partial charge in [0.05, 0.1) is 0 Å². The van der Waals surface area contributed by atoms with Gasteiger partial charge in [-0.3, -0.25) is 9.48 Å². The molecule has 2 rings (SSSR count). The van der Waals surface area contributed by atoms with Crippen molar-refractivity contribution in [3.63, 3.8) is 0 Å². The first-order valence-electron chi connectivity index (χ1n) is 6.09. The van der Waals surface area contributed by atoms with E-state index in [1.807, 2.05) is 13.8 Å². The maximum Gasteiger partial charge on any atom is 0.326 e. The van der Waals surface area contributed by atoms with Crippen LogP contribution in [0.5, 0.6) is 0 Å². The number of carboxylic acid groups (broad SMARTS) is 1. The fourth-order valence-corrected chi connectivity index (χ4v) is 2.15. The van der Waals surface area contributed by atoms with Crippen LogP contribution in [0.1, 0.15) is 43.2 Å². The van der Waals surface area contributed by atoms with Crippen molar-refractivity contribution >= 4 is 11.9 Å².